The molecule has 12 nitrogen and oxygen atoms in total. The van der Waals surface area contributed by atoms with Crippen LogP contribution in [0.15, 0.2) is 94.6 Å². The van der Waals surface area contributed by atoms with Crippen molar-refractivity contribution in [2.24, 2.45) is 0 Å². The van der Waals surface area contributed by atoms with Crippen LogP contribution >= 0.6 is 7.75 Å². The van der Waals surface area contributed by atoms with Gasteiger partial charge in [0.25, 0.3) is 5.56 Å². The number of ether oxygens (including phenoxy) is 4. The molecule has 5 rings (SSSR count). The highest BCUT2D eigenvalue weighted by molar-refractivity contribution is 7.51. The molecule has 1 aliphatic rings. The third kappa shape index (κ3) is 7.91. The Morgan fingerprint density at radius 1 is 0.863 bits per heavy atom. The Hall–Kier alpha value is -4.03. The van der Waals surface area contributed by atoms with Crippen LogP contribution in [-0.2, 0) is 28.7 Å². The standard InChI is InChI=1S/C38H48N3O9P/c1-25(2)41(26(3)4)51(44,47-8)50-33-22-35(40-23-27(5)36(42)39-37(40)43)49-34(33)24-48-38(28-12-10-9-11-13-28,29-14-18-31(45-6)19-15-29)30-16-20-32(46-7)21-17-30/h9-21,23,25-26,33-35H,22,24H2,1-8H3,(H,39,42,43)/t33-,34+,35+,51+/m0/s1. The fourth-order valence-electron chi connectivity index (χ4n) is 6.74. The molecule has 1 aromatic heterocycles. The fourth-order valence-corrected chi connectivity index (χ4v) is 8.82. The van der Waals surface area contributed by atoms with Crippen molar-refractivity contribution in [1.29, 1.82) is 0 Å². The van der Waals surface area contributed by atoms with E-state index < -0.39 is 43.0 Å². The van der Waals surface area contributed by atoms with Gasteiger partial charge in [0, 0.05) is 37.4 Å². The second kappa shape index (κ2) is 16.1. The average molecular weight is 722 g/mol. The lowest BCUT2D eigenvalue weighted by molar-refractivity contribution is -0.0936. The van der Waals surface area contributed by atoms with Gasteiger partial charge < -0.3 is 18.9 Å². The van der Waals surface area contributed by atoms with E-state index in [9.17, 15) is 14.2 Å². The Morgan fingerprint density at radius 2 is 1.39 bits per heavy atom. The summed E-state index contributed by atoms with van der Waals surface area (Å²) in [4.78, 5) is 27.6. The number of nitrogens with one attached hydrogen (secondary N) is 1. The summed E-state index contributed by atoms with van der Waals surface area (Å²) >= 11 is 0. The summed E-state index contributed by atoms with van der Waals surface area (Å²) in [6.07, 6.45) is -0.963. The van der Waals surface area contributed by atoms with Crippen molar-refractivity contribution >= 4 is 7.75 Å². The van der Waals surface area contributed by atoms with Crippen LogP contribution in [0.4, 0.5) is 0 Å². The van der Waals surface area contributed by atoms with E-state index in [2.05, 4.69) is 4.98 Å². The number of aryl methyl sites for hydroxylation is 1. The first-order chi connectivity index (χ1) is 24.4. The van der Waals surface area contributed by atoms with Gasteiger partial charge in [-0.3, -0.25) is 23.4 Å². The van der Waals surface area contributed by atoms with E-state index in [1.54, 1.807) is 25.8 Å². The van der Waals surface area contributed by atoms with Crippen molar-refractivity contribution in [2.45, 2.75) is 77.2 Å². The van der Waals surface area contributed by atoms with Gasteiger partial charge in [0.2, 0.25) is 0 Å². The van der Waals surface area contributed by atoms with Gasteiger partial charge in [-0.15, -0.1) is 0 Å². The van der Waals surface area contributed by atoms with Crippen LogP contribution in [0.2, 0.25) is 0 Å². The summed E-state index contributed by atoms with van der Waals surface area (Å²) in [5.41, 5.74) is 0.511. The minimum atomic E-state index is -3.89. The summed E-state index contributed by atoms with van der Waals surface area (Å²) in [7, 11) is 0.698. The first kappa shape index (κ1) is 38.2. The summed E-state index contributed by atoms with van der Waals surface area (Å²) in [5.74, 6) is 1.37. The third-order valence-corrected chi connectivity index (χ3v) is 11.6. The molecule has 0 saturated carbocycles. The van der Waals surface area contributed by atoms with Gasteiger partial charge in [0.05, 0.1) is 20.8 Å². The van der Waals surface area contributed by atoms with Gasteiger partial charge in [-0.2, -0.15) is 0 Å². The lowest BCUT2D eigenvalue weighted by Gasteiger charge is -2.38. The molecule has 0 amide bonds. The first-order valence-electron chi connectivity index (χ1n) is 17.0. The SMILES string of the molecule is COc1ccc(C(OC[C@H]2O[C@@H](n3cc(C)c(=O)[nH]c3=O)C[C@@H]2O[P@](=O)(OC)N(C(C)C)C(C)C)(c2ccccc2)c2ccc(OC)cc2)cc1. The minimum Gasteiger partial charge on any atom is -0.497 e. The molecule has 0 bridgehead atoms. The van der Waals surface area contributed by atoms with E-state index in [4.69, 9.17) is 28.0 Å². The van der Waals surface area contributed by atoms with E-state index >= 15 is 0 Å². The van der Waals surface area contributed by atoms with Gasteiger partial charge >= 0.3 is 13.4 Å². The third-order valence-electron chi connectivity index (χ3n) is 9.11. The van der Waals surface area contributed by atoms with Crippen molar-refractivity contribution in [2.75, 3.05) is 27.9 Å². The topological polar surface area (TPSA) is 131 Å². The van der Waals surface area contributed by atoms with Crippen molar-refractivity contribution in [3.63, 3.8) is 0 Å². The molecule has 0 radical (unpaired) electrons. The quantitative estimate of drug-likeness (QED) is 0.109. The molecule has 0 unspecified atom stereocenters. The number of methoxy groups -OCH3 is 2. The molecule has 2 heterocycles. The average Bonchev–Trinajstić information content (AvgIpc) is 3.52. The zero-order chi connectivity index (χ0) is 36.9. The maximum Gasteiger partial charge on any atom is 0.408 e. The first-order valence-corrected chi connectivity index (χ1v) is 18.5. The number of hydrogen-bond donors (Lipinski definition) is 1. The Kier molecular flexibility index (Phi) is 12.1. The maximum absolute atomic E-state index is 14.5. The van der Waals surface area contributed by atoms with Gasteiger partial charge in [-0.05, 0) is 75.6 Å². The normalized spacial score (nSPS) is 19.1. The highest BCUT2D eigenvalue weighted by Crippen LogP contribution is 2.56. The monoisotopic (exact) mass is 721 g/mol. The Labute approximate surface area is 298 Å². The summed E-state index contributed by atoms with van der Waals surface area (Å²) < 4.78 is 54.3. The van der Waals surface area contributed by atoms with Gasteiger partial charge in [0.1, 0.15) is 35.5 Å². The van der Waals surface area contributed by atoms with Gasteiger partial charge in [-0.25, -0.2) is 14.0 Å². The van der Waals surface area contributed by atoms with E-state index in [1.807, 2.05) is 107 Å². The Morgan fingerprint density at radius 3 is 1.88 bits per heavy atom. The van der Waals surface area contributed by atoms with Crippen LogP contribution in [0, 0.1) is 6.92 Å². The fraction of sp³-hybridized carbons (Fsp3) is 0.421. The highest BCUT2D eigenvalue weighted by atomic mass is 31.2. The number of aromatic nitrogens is 2. The van der Waals surface area contributed by atoms with E-state index in [0.717, 1.165) is 16.7 Å². The van der Waals surface area contributed by atoms with Crippen LogP contribution in [0.5, 0.6) is 11.5 Å². The van der Waals surface area contributed by atoms with E-state index in [0.29, 0.717) is 17.1 Å². The number of hydrogen-bond acceptors (Lipinski definition) is 9. The number of H-pyrrole nitrogens is 1. The molecular weight excluding hydrogens is 673 g/mol. The molecule has 3 aromatic carbocycles. The molecule has 274 valence electrons. The summed E-state index contributed by atoms with van der Waals surface area (Å²) in [5, 5.41) is 0. The maximum atomic E-state index is 14.5. The molecule has 0 spiro atoms. The molecule has 4 aromatic rings. The van der Waals surface area contributed by atoms with E-state index in [-0.39, 0.29) is 25.1 Å². The van der Waals surface area contributed by atoms with Crippen molar-refractivity contribution in [3.8, 4) is 11.5 Å². The van der Waals surface area contributed by atoms with E-state index in [1.165, 1.54) is 17.9 Å². The van der Waals surface area contributed by atoms with Crippen LogP contribution in [0.1, 0.15) is 62.6 Å². The Balaban J connectivity index is 1.62. The van der Waals surface area contributed by atoms with Crippen LogP contribution in [-0.4, -0.2) is 66.4 Å². The second-order valence-corrected chi connectivity index (χ2v) is 15.0. The number of aromatic amines is 1. The van der Waals surface area contributed by atoms with Gasteiger partial charge in [0.15, 0.2) is 0 Å². The lowest BCUT2D eigenvalue weighted by atomic mass is 9.80. The van der Waals surface area contributed by atoms with Crippen LogP contribution < -0.4 is 20.7 Å². The molecule has 13 heteroatoms. The molecular formula is C38H48N3O9P. The molecule has 1 aliphatic heterocycles. The predicted octanol–water partition coefficient (Wildman–Crippen LogP) is 6.42. The number of benzene rings is 3. The largest absolute Gasteiger partial charge is 0.497 e. The van der Waals surface area contributed by atoms with Gasteiger partial charge in [-0.1, -0.05) is 54.6 Å². The summed E-state index contributed by atoms with van der Waals surface area (Å²) in [6.45, 7) is 9.24. The zero-order valence-corrected chi connectivity index (χ0v) is 31.3. The molecule has 51 heavy (non-hydrogen) atoms. The van der Waals surface area contributed by atoms with Crippen molar-refractivity contribution in [3.05, 3.63) is 128 Å². The minimum absolute atomic E-state index is 0.0573. The molecule has 1 saturated heterocycles. The summed E-state index contributed by atoms with van der Waals surface area (Å²) in [6, 6.07) is 24.8. The molecule has 1 fully saturated rings. The van der Waals surface area contributed by atoms with Crippen molar-refractivity contribution < 1.29 is 32.6 Å². The molecule has 4 atom stereocenters. The predicted molar refractivity (Wildman–Crippen MR) is 194 cm³/mol. The van der Waals surface area contributed by atoms with Crippen molar-refractivity contribution in [1.82, 2.24) is 14.2 Å². The molecule has 0 aliphatic carbocycles. The second-order valence-electron chi connectivity index (χ2n) is 13.0. The number of nitrogens with zero attached hydrogens (tertiary/aromatic N) is 2. The smallest absolute Gasteiger partial charge is 0.408 e. The number of rotatable bonds is 15. The Bertz CT molecular complexity index is 1850. The van der Waals surface area contributed by atoms with Crippen LogP contribution in [0.25, 0.3) is 0 Å². The van der Waals surface area contributed by atoms with Crippen LogP contribution in [0.3, 0.4) is 0 Å². The highest BCUT2D eigenvalue weighted by Gasteiger charge is 2.47. The zero-order valence-electron chi connectivity index (χ0n) is 30.4. The lowest BCUT2D eigenvalue weighted by Crippen LogP contribution is -2.40. The molecule has 1 N–H and O–H groups in total.